The van der Waals surface area contributed by atoms with Gasteiger partial charge in [0.15, 0.2) is 0 Å². The van der Waals surface area contributed by atoms with Crippen LogP contribution in [0.25, 0.3) is 0 Å². The summed E-state index contributed by atoms with van der Waals surface area (Å²) in [6, 6.07) is -0.554. The van der Waals surface area contributed by atoms with Crippen molar-refractivity contribution in [1.82, 2.24) is 5.32 Å². The van der Waals surface area contributed by atoms with Crippen molar-refractivity contribution in [3.63, 3.8) is 0 Å². The highest BCUT2D eigenvalue weighted by molar-refractivity contribution is 5.78. The van der Waals surface area contributed by atoms with Gasteiger partial charge in [0.1, 0.15) is 6.04 Å². The molecule has 98 valence electrons. The van der Waals surface area contributed by atoms with Gasteiger partial charge in [-0.15, -0.1) is 0 Å². The SMILES string of the molecule is CCOC(=O)C(NC=O)C1CC(C)OC(C)C1. The molecule has 1 fully saturated rings. The Hall–Kier alpha value is -1.10. The van der Waals surface area contributed by atoms with Crippen LogP contribution in [0.15, 0.2) is 0 Å². The first-order valence-electron chi connectivity index (χ1n) is 6.10. The van der Waals surface area contributed by atoms with Gasteiger partial charge in [0.25, 0.3) is 0 Å². The van der Waals surface area contributed by atoms with Gasteiger partial charge in [-0.2, -0.15) is 0 Å². The zero-order chi connectivity index (χ0) is 12.8. The number of esters is 1. The van der Waals surface area contributed by atoms with Gasteiger partial charge in [-0.3, -0.25) is 4.79 Å². The molecule has 0 bridgehead atoms. The van der Waals surface area contributed by atoms with Crippen molar-refractivity contribution in [2.45, 2.75) is 51.9 Å². The lowest BCUT2D eigenvalue weighted by Crippen LogP contribution is -2.47. The molecule has 1 aliphatic rings. The van der Waals surface area contributed by atoms with E-state index in [1.807, 2.05) is 13.8 Å². The second-order valence-electron chi connectivity index (χ2n) is 4.50. The molecule has 0 aromatic carbocycles. The van der Waals surface area contributed by atoms with Gasteiger partial charge in [-0.1, -0.05) is 0 Å². The highest BCUT2D eigenvalue weighted by Crippen LogP contribution is 2.27. The molecule has 0 aromatic heterocycles. The van der Waals surface area contributed by atoms with Crippen LogP contribution in [0.4, 0.5) is 0 Å². The van der Waals surface area contributed by atoms with Crippen molar-refractivity contribution in [2.24, 2.45) is 5.92 Å². The summed E-state index contributed by atoms with van der Waals surface area (Å²) in [5, 5.41) is 2.57. The summed E-state index contributed by atoms with van der Waals surface area (Å²) in [5.41, 5.74) is 0. The normalized spacial score (nSPS) is 30.4. The van der Waals surface area contributed by atoms with Gasteiger partial charge in [0.2, 0.25) is 6.41 Å². The van der Waals surface area contributed by atoms with Crippen LogP contribution in [-0.2, 0) is 19.1 Å². The van der Waals surface area contributed by atoms with Crippen molar-refractivity contribution in [1.29, 1.82) is 0 Å². The molecule has 0 radical (unpaired) electrons. The number of rotatable bonds is 5. The minimum Gasteiger partial charge on any atom is -0.464 e. The summed E-state index contributed by atoms with van der Waals surface area (Å²) in [4.78, 5) is 22.3. The van der Waals surface area contributed by atoms with Crippen molar-refractivity contribution in [2.75, 3.05) is 6.61 Å². The lowest BCUT2D eigenvalue weighted by Gasteiger charge is -2.35. The number of hydrogen-bond acceptors (Lipinski definition) is 4. The van der Waals surface area contributed by atoms with Gasteiger partial charge >= 0.3 is 5.97 Å². The molecule has 0 saturated carbocycles. The molecule has 1 aliphatic heterocycles. The van der Waals surface area contributed by atoms with E-state index >= 15 is 0 Å². The molecule has 1 rings (SSSR count). The van der Waals surface area contributed by atoms with E-state index in [-0.39, 0.29) is 24.1 Å². The Morgan fingerprint density at radius 3 is 2.53 bits per heavy atom. The Morgan fingerprint density at radius 1 is 1.47 bits per heavy atom. The number of carbonyl (C=O) groups excluding carboxylic acids is 2. The van der Waals surface area contributed by atoms with E-state index in [9.17, 15) is 9.59 Å². The summed E-state index contributed by atoms with van der Waals surface area (Å²) in [6.45, 7) is 6.03. The number of ether oxygens (including phenoxy) is 2. The molecule has 1 amide bonds. The van der Waals surface area contributed by atoms with Crippen molar-refractivity contribution in [3.8, 4) is 0 Å². The second-order valence-corrected chi connectivity index (χ2v) is 4.50. The van der Waals surface area contributed by atoms with E-state index in [4.69, 9.17) is 9.47 Å². The van der Waals surface area contributed by atoms with Gasteiger partial charge in [-0.25, -0.2) is 4.79 Å². The Balaban J connectivity index is 2.68. The minimum atomic E-state index is -0.554. The molecule has 1 saturated heterocycles. The van der Waals surface area contributed by atoms with Crippen LogP contribution >= 0.6 is 0 Å². The van der Waals surface area contributed by atoms with Crippen molar-refractivity contribution < 1.29 is 19.1 Å². The van der Waals surface area contributed by atoms with Crippen LogP contribution in [0, 0.1) is 5.92 Å². The van der Waals surface area contributed by atoms with Crippen LogP contribution < -0.4 is 5.32 Å². The highest BCUT2D eigenvalue weighted by atomic mass is 16.5. The third-order valence-corrected chi connectivity index (χ3v) is 2.99. The first-order valence-corrected chi connectivity index (χ1v) is 6.10. The molecule has 0 aliphatic carbocycles. The zero-order valence-electron chi connectivity index (χ0n) is 10.6. The first-order chi connectivity index (χ1) is 8.08. The quantitative estimate of drug-likeness (QED) is 0.575. The van der Waals surface area contributed by atoms with E-state index in [1.165, 1.54) is 0 Å². The third kappa shape index (κ3) is 4.00. The summed E-state index contributed by atoms with van der Waals surface area (Å²) >= 11 is 0. The largest absolute Gasteiger partial charge is 0.464 e. The average Bonchev–Trinajstić information content (AvgIpc) is 2.24. The second kappa shape index (κ2) is 6.59. The monoisotopic (exact) mass is 243 g/mol. The summed E-state index contributed by atoms with van der Waals surface area (Å²) in [7, 11) is 0. The fraction of sp³-hybridized carbons (Fsp3) is 0.833. The molecule has 1 heterocycles. The molecule has 5 nitrogen and oxygen atoms in total. The topological polar surface area (TPSA) is 64.6 Å². The molecule has 0 aromatic rings. The van der Waals surface area contributed by atoms with Gasteiger partial charge < -0.3 is 14.8 Å². The van der Waals surface area contributed by atoms with Gasteiger partial charge in [0.05, 0.1) is 18.8 Å². The Kier molecular flexibility index (Phi) is 5.41. The number of hydrogen-bond donors (Lipinski definition) is 1. The van der Waals surface area contributed by atoms with Crippen LogP contribution in [0.3, 0.4) is 0 Å². The molecule has 17 heavy (non-hydrogen) atoms. The lowest BCUT2D eigenvalue weighted by molar-refractivity contribution is -0.150. The smallest absolute Gasteiger partial charge is 0.328 e. The number of nitrogens with one attached hydrogen (secondary N) is 1. The van der Waals surface area contributed by atoms with Crippen LogP contribution in [-0.4, -0.2) is 37.2 Å². The van der Waals surface area contributed by atoms with E-state index in [2.05, 4.69) is 5.32 Å². The minimum absolute atomic E-state index is 0.0815. The van der Waals surface area contributed by atoms with Crippen molar-refractivity contribution >= 4 is 12.4 Å². The van der Waals surface area contributed by atoms with E-state index in [0.29, 0.717) is 13.0 Å². The van der Waals surface area contributed by atoms with Gasteiger partial charge in [0, 0.05) is 0 Å². The maximum Gasteiger partial charge on any atom is 0.328 e. The fourth-order valence-corrected chi connectivity index (χ4v) is 2.43. The Bertz CT molecular complexity index is 259. The molecule has 5 heteroatoms. The highest BCUT2D eigenvalue weighted by Gasteiger charge is 2.35. The molecule has 1 N–H and O–H groups in total. The van der Waals surface area contributed by atoms with Crippen LogP contribution in [0.2, 0.25) is 0 Å². The van der Waals surface area contributed by atoms with Gasteiger partial charge in [-0.05, 0) is 39.5 Å². The van der Waals surface area contributed by atoms with Crippen LogP contribution in [0.5, 0.6) is 0 Å². The standard InChI is InChI=1S/C12H21NO4/c1-4-16-12(15)11(13-7-14)10-5-8(2)17-9(3)6-10/h7-11H,4-6H2,1-3H3,(H,13,14). The maximum atomic E-state index is 11.8. The summed E-state index contributed by atoms with van der Waals surface area (Å²) < 4.78 is 10.6. The molecular formula is C12H21NO4. The van der Waals surface area contributed by atoms with E-state index < -0.39 is 6.04 Å². The predicted molar refractivity (Wildman–Crippen MR) is 62.4 cm³/mol. The van der Waals surface area contributed by atoms with E-state index in [1.54, 1.807) is 6.92 Å². The van der Waals surface area contributed by atoms with E-state index in [0.717, 1.165) is 12.8 Å². The Labute approximate surface area is 102 Å². The number of carbonyl (C=O) groups is 2. The number of amides is 1. The first kappa shape index (κ1) is 14.0. The molecule has 3 atom stereocenters. The average molecular weight is 243 g/mol. The third-order valence-electron chi connectivity index (χ3n) is 2.99. The molecular weight excluding hydrogens is 222 g/mol. The maximum absolute atomic E-state index is 11.8. The predicted octanol–water partition coefficient (Wildman–Crippen LogP) is 0.868. The molecule has 3 unspecified atom stereocenters. The molecule has 0 spiro atoms. The Morgan fingerprint density at radius 2 is 2.06 bits per heavy atom. The van der Waals surface area contributed by atoms with Crippen LogP contribution in [0.1, 0.15) is 33.6 Å². The lowest BCUT2D eigenvalue weighted by atomic mass is 9.86. The summed E-state index contributed by atoms with van der Waals surface area (Å²) in [6.07, 6.45) is 2.29. The summed E-state index contributed by atoms with van der Waals surface area (Å²) in [5.74, 6) is -0.274. The fourth-order valence-electron chi connectivity index (χ4n) is 2.43. The van der Waals surface area contributed by atoms with Crippen molar-refractivity contribution in [3.05, 3.63) is 0 Å². The zero-order valence-corrected chi connectivity index (χ0v) is 10.6.